The molecule has 0 amide bonds. The standard InChI is InChI=1S/C17H11ClN4O3S2/c1-10-19-13(9-26-10)16(23)25-27-17-21-20-15(14-6-3-7-24-14)22(17)12-5-2-4-11(18)8-12/h2-9H,1H3. The number of hydrogen-bond acceptors (Lipinski definition) is 8. The minimum atomic E-state index is -0.551. The number of carbonyl (C=O) groups is 1. The van der Waals surface area contributed by atoms with Gasteiger partial charge in [-0.2, -0.15) is 0 Å². The Hall–Kier alpha value is -2.62. The van der Waals surface area contributed by atoms with Crippen LogP contribution in [0.1, 0.15) is 15.5 Å². The molecule has 0 bridgehead atoms. The van der Waals surface area contributed by atoms with Crippen molar-refractivity contribution in [3.63, 3.8) is 0 Å². The van der Waals surface area contributed by atoms with Crippen molar-refractivity contribution in [3.8, 4) is 17.3 Å². The molecule has 0 spiro atoms. The first-order valence-electron chi connectivity index (χ1n) is 7.68. The van der Waals surface area contributed by atoms with Crippen LogP contribution in [0.3, 0.4) is 0 Å². The summed E-state index contributed by atoms with van der Waals surface area (Å²) in [4.78, 5) is 16.3. The second-order valence-corrected chi connectivity index (χ2v) is 7.50. The van der Waals surface area contributed by atoms with Crippen molar-refractivity contribution in [2.75, 3.05) is 0 Å². The lowest BCUT2D eigenvalue weighted by molar-refractivity contribution is 0.0762. The molecule has 136 valence electrons. The molecule has 10 heteroatoms. The Labute approximate surface area is 167 Å². The molecular weight excluding hydrogens is 408 g/mol. The number of benzene rings is 1. The first-order chi connectivity index (χ1) is 13.1. The second kappa shape index (κ2) is 7.55. The topological polar surface area (TPSA) is 83.0 Å². The van der Waals surface area contributed by atoms with Crippen LogP contribution in [0.25, 0.3) is 17.3 Å². The van der Waals surface area contributed by atoms with Gasteiger partial charge in [-0.05, 0) is 37.3 Å². The summed E-state index contributed by atoms with van der Waals surface area (Å²) in [6.07, 6.45) is 1.55. The first kappa shape index (κ1) is 17.8. The fourth-order valence-electron chi connectivity index (χ4n) is 2.31. The van der Waals surface area contributed by atoms with Crippen molar-refractivity contribution >= 4 is 40.9 Å². The molecule has 0 atom stereocenters. The van der Waals surface area contributed by atoms with E-state index < -0.39 is 5.97 Å². The van der Waals surface area contributed by atoms with Crippen LogP contribution < -0.4 is 0 Å². The van der Waals surface area contributed by atoms with Crippen molar-refractivity contribution in [1.29, 1.82) is 0 Å². The van der Waals surface area contributed by atoms with Crippen LogP contribution in [0.5, 0.6) is 0 Å². The van der Waals surface area contributed by atoms with Crippen LogP contribution in [-0.4, -0.2) is 25.7 Å². The molecule has 7 nitrogen and oxygen atoms in total. The predicted molar refractivity (Wildman–Crippen MR) is 102 cm³/mol. The van der Waals surface area contributed by atoms with Crippen LogP contribution in [0.4, 0.5) is 0 Å². The monoisotopic (exact) mass is 418 g/mol. The second-order valence-electron chi connectivity index (χ2n) is 5.30. The molecule has 3 aromatic heterocycles. The first-order valence-corrected chi connectivity index (χ1v) is 9.68. The van der Waals surface area contributed by atoms with Gasteiger partial charge in [-0.3, -0.25) is 4.57 Å². The van der Waals surface area contributed by atoms with Gasteiger partial charge in [0, 0.05) is 10.4 Å². The lowest BCUT2D eigenvalue weighted by atomic mass is 10.3. The van der Waals surface area contributed by atoms with Crippen LogP contribution in [0.2, 0.25) is 5.02 Å². The highest BCUT2D eigenvalue weighted by molar-refractivity contribution is 7.94. The molecule has 27 heavy (non-hydrogen) atoms. The fraction of sp³-hybridized carbons (Fsp3) is 0.0588. The molecule has 4 aromatic rings. The Morgan fingerprint density at radius 3 is 2.89 bits per heavy atom. The molecule has 0 fully saturated rings. The molecule has 0 saturated carbocycles. The third kappa shape index (κ3) is 3.75. The summed E-state index contributed by atoms with van der Waals surface area (Å²) < 4.78 is 12.4. The third-order valence-corrected chi connectivity index (χ3v) is 5.12. The smallest absolute Gasteiger partial charge is 0.370 e. The van der Waals surface area contributed by atoms with E-state index >= 15 is 0 Å². The highest BCUT2D eigenvalue weighted by atomic mass is 35.5. The number of rotatable bonds is 5. The molecule has 0 N–H and O–H groups in total. The summed E-state index contributed by atoms with van der Waals surface area (Å²) >= 11 is 8.30. The van der Waals surface area contributed by atoms with E-state index in [-0.39, 0.29) is 5.69 Å². The van der Waals surface area contributed by atoms with E-state index in [2.05, 4.69) is 15.2 Å². The maximum absolute atomic E-state index is 12.2. The molecule has 4 rings (SSSR count). The van der Waals surface area contributed by atoms with Crippen molar-refractivity contribution in [2.45, 2.75) is 12.1 Å². The maximum atomic E-state index is 12.2. The van der Waals surface area contributed by atoms with Crippen LogP contribution in [-0.2, 0) is 4.18 Å². The van der Waals surface area contributed by atoms with Gasteiger partial charge in [-0.25, -0.2) is 9.78 Å². The zero-order valence-corrected chi connectivity index (χ0v) is 16.2. The lowest BCUT2D eigenvalue weighted by Crippen LogP contribution is -2.03. The van der Waals surface area contributed by atoms with Crippen molar-refractivity contribution in [3.05, 3.63) is 63.8 Å². The van der Waals surface area contributed by atoms with Crippen molar-refractivity contribution in [1.82, 2.24) is 19.7 Å². The minimum absolute atomic E-state index is 0.255. The van der Waals surface area contributed by atoms with Crippen LogP contribution in [0.15, 0.2) is 57.6 Å². The molecule has 0 radical (unpaired) electrons. The van der Waals surface area contributed by atoms with Gasteiger partial charge in [0.25, 0.3) is 0 Å². The average molecular weight is 419 g/mol. The van der Waals surface area contributed by atoms with Gasteiger partial charge >= 0.3 is 5.97 Å². The van der Waals surface area contributed by atoms with Gasteiger partial charge < -0.3 is 8.60 Å². The molecule has 0 aliphatic rings. The van der Waals surface area contributed by atoms with Gasteiger partial charge in [0.1, 0.15) is 12.0 Å². The van der Waals surface area contributed by atoms with E-state index in [1.54, 1.807) is 40.5 Å². The number of aromatic nitrogens is 4. The van der Waals surface area contributed by atoms with Gasteiger partial charge in [-0.15, -0.1) is 21.5 Å². The SMILES string of the molecule is Cc1nc(C(=O)OSc2nnc(-c3ccco3)n2-c2cccc(Cl)c2)cs1. The maximum Gasteiger partial charge on any atom is 0.370 e. The summed E-state index contributed by atoms with van der Waals surface area (Å²) in [6.45, 7) is 1.82. The molecule has 1 aromatic carbocycles. The number of furan rings is 1. The average Bonchev–Trinajstić information content (AvgIpc) is 3.39. The molecular formula is C17H11ClN4O3S2. The van der Waals surface area contributed by atoms with E-state index in [1.165, 1.54) is 11.3 Å². The Bertz CT molecular complexity index is 1090. The highest BCUT2D eigenvalue weighted by Crippen LogP contribution is 2.30. The van der Waals surface area contributed by atoms with Gasteiger partial charge in [0.15, 0.2) is 11.5 Å². The number of hydrogen-bond donors (Lipinski definition) is 0. The number of thiazole rings is 1. The lowest BCUT2D eigenvalue weighted by Gasteiger charge is -2.08. The molecule has 0 saturated heterocycles. The van der Waals surface area contributed by atoms with E-state index in [4.69, 9.17) is 20.2 Å². The Morgan fingerprint density at radius 2 is 2.19 bits per heavy atom. The Kier molecular flexibility index (Phi) is 4.97. The van der Waals surface area contributed by atoms with E-state index in [0.29, 0.717) is 27.5 Å². The number of nitrogens with zero attached hydrogens (tertiary/aromatic N) is 4. The molecule has 0 aliphatic heterocycles. The van der Waals surface area contributed by atoms with Crippen LogP contribution >= 0.6 is 35.0 Å². The van der Waals surface area contributed by atoms with E-state index in [1.807, 2.05) is 19.1 Å². The summed E-state index contributed by atoms with van der Waals surface area (Å²) in [5.74, 6) is 0.436. The Balaban J connectivity index is 1.67. The van der Waals surface area contributed by atoms with Crippen molar-refractivity contribution < 1.29 is 13.4 Å². The van der Waals surface area contributed by atoms with E-state index in [0.717, 1.165) is 17.1 Å². The third-order valence-electron chi connectivity index (χ3n) is 3.46. The number of carbonyl (C=O) groups excluding carboxylic acids is 1. The van der Waals surface area contributed by atoms with Gasteiger partial charge in [0.05, 0.1) is 17.0 Å². The summed E-state index contributed by atoms with van der Waals surface area (Å²) in [5, 5.41) is 11.6. The fourth-order valence-corrected chi connectivity index (χ4v) is 3.66. The summed E-state index contributed by atoms with van der Waals surface area (Å²) in [5.41, 5.74) is 0.965. The largest absolute Gasteiger partial charge is 0.461 e. The van der Waals surface area contributed by atoms with Crippen LogP contribution in [0, 0.1) is 6.92 Å². The number of halogens is 1. The predicted octanol–water partition coefficient (Wildman–Crippen LogP) is 4.81. The quantitative estimate of drug-likeness (QED) is 0.430. The molecule has 3 heterocycles. The number of aryl methyl sites for hydroxylation is 1. The van der Waals surface area contributed by atoms with Crippen molar-refractivity contribution in [2.24, 2.45) is 0 Å². The van der Waals surface area contributed by atoms with E-state index in [9.17, 15) is 4.79 Å². The summed E-state index contributed by atoms with van der Waals surface area (Å²) in [6, 6.07) is 10.7. The summed E-state index contributed by atoms with van der Waals surface area (Å²) in [7, 11) is 0. The molecule has 0 unspecified atom stereocenters. The van der Waals surface area contributed by atoms with Gasteiger partial charge in [0.2, 0.25) is 11.0 Å². The Morgan fingerprint density at radius 1 is 1.30 bits per heavy atom. The zero-order valence-electron chi connectivity index (χ0n) is 13.8. The van der Waals surface area contributed by atoms with Gasteiger partial charge in [-0.1, -0.05) is 17.7 Å². The normalized spacial score (nSPS) is 10.9. The molecule has 0 aliphatic carbocycles. The highest BCUT2D eigenvalue weighted by Gasteiger charge is 2.21. The minimum Gasteiger partial charge on any atom is -0.461 e. The zero-order chi connectivity index (χ0) is 18.8.